The Morgan fingerprint density at radius 1 is 1.40 bits per heavy atom. The Balaban J connectivity index is 2.24. The average Bonchev–Trinajstić information content (AvgIpc) is 2.46. The molecule has 2 rings (SSSR count). The highest BCUT2D eigenvalue weighted by molar-refractivity contribution is 5.57. The maximum atomic E-state index is 11.0. The SMILES string of the molecule is CNc1ncc([N+](=O)[O-])c(NCc2cnccc2C)n1. The van der Waals surface area contributed by atoms with Gasteiger partial charge in [-0.15, -0.1) is 0 Å². The molecule has 0 aliphatic heterocycles. The Morgan fingerprint density at radius 3 is 2.85 bits per heavy atom. The van der Waals surface area contributed by atoms with Gasteiger partial charge in [-0.25, -0.2) is 4.98 Å². The van der Waals surface area contributed by atoms with E-state index < -0.39 is 4.92 Å². The van der Waals surface area contributed by atoms with Gasteiger partial charge in [0, 0.05) is 26.0 Å². The smallest absolute Gasteiger partial charge is 0.329 e. The first-order valence-corrected chi connectivity index (χ1v) is 5.94. The van der Waals surface area contributed by atoms with Gasteiger partial charge in [0.1, 0.15) is 6.20 Å². The molecular formula is C12H14N6O2. The predicted molar refractivity (Wildman–Crippen MR) is 74.5 cm³/mol. The van der Waals surface area contributed by atoms with Crippen molar-refractivity contribution in [1.29, 1.82) is 0 Å². The standard InChI is InChI=1S/C12H14N6O2/c1-8-3-4-14-5-9(8)6-15-11-10(18(19)20)7-16-12(13-2)17-11/h3-5,7H,6H2,1-2H3,(H2,13,15,16,17). The molecule has 104 valence electrons. The maximum Gasteiger partial charge on any atom is 0.329 e. The lowest BCUT2D eigenvalue weighted by atomic mass is 10.1. The van der Waals surface area contributed by atoms with Crippen molar-refractivity contribution in [1.82, 2.24) is 15.0 Å². The quantitative estimate of drug-likeness (QED) is 0.631. The zero-order valence-electron chi connectivity index (χ0n) is 11.1. The molecule has 20 heavy (non-hydrogen) atoms. The molecule has 0 radical (unpaired) electrons. The summed E-state index contributed by atoms with van der Waals surface area (Å²) in [5, 5.41) is 16.7. The molecular weight excluding hydrogens is 260 g/mol. The molecule has 0 saturated heterocycles. The molecule has 0 fully saturated rings. The van der Waals surface area contributed by atoms with E-state index in [1.165, 1.54) is 6.20 Å². The molecule has 0 aliphatic rings. The van der Waals surface area contributed by atoms with Gasteiger partial charge in [0.2, 0.25) is 11.8 Å². The van der Waals surface area contributed by atoms with Crippen LogP contribution < -0.4 is 10.6 Å². The number of pyridine rings is 1. The summed E-state index contributed by atoms with van der Waals surface area (Å²) in [5.74, 6) is 0.499. The van der Waals surface area contributed by atoms with E-state index in [1.54, 1.807) is 19.4 Å². The van der Waals surface area contributed by atoms with E-state index >= 15 is 0 Å². The summed E-state index contributed by atoms with van der Waals surface area (Å²) < 4.78 is 0. The molecule has 0 bridgehead atoms. The Kier molecular flexibility index (Phi) is 4.04. The summed E-state index contributed by atoms with van der Waals surface area (Å²) in [6, 6.07) is 1.88. The van der Waals surface area contributed by atoms with Crippen molar-refractivity contribution in [2.45, 2.75) is 13.5 Å². The average molecular weight is 274 g/mol. The van der Waals surface area contributed by atoms with Crippen molar-refractivity contribution in [3.8, 4) is 0 Å². The summed E-state index contributed by atoms with van der Waals surface area (Å²) in [6.45, 7) is 2.35. The van der Waals surface area contributed by atoms with Crippen molar-refractivity contribution >= 4 is 17.5 Å². The van der Waals surface area contributed by atoms with Crippen LogP contribution in [0.25, 0.3) is 0 Å². The minimum absolute atomic E-state index is 0.162. The normalized spacial score (nSPS) is 10.1. The fourth-order valence-electron chi connectivity index (χ4n) is 1.62. The third-order valence-electron chi connectivity index (χ3n) is 2.78. The van der Waals surface area contributed by atoms with E-state index in [1.807, 2.05) is 13.0 Å². The molecule has 2 aromatic heterocycles. The van der Waals surface area contributed by atoms with Crippen molar-refractivity contribution in [3.63, 3.8) is 0 Å². The Bertz CT molecular complexity index is 631. The second kappa shape index (κ2) is 5.91. The molecule has 0 atom stereocenters. The van der Waals surface area contributed by atoms with E-state index in [9.17, 15) is 10.1 Å². The number of hydrogen-bond donors (Lipinski definition) is 2. The summed E-state index contributed by atoms with van der Waals surface area (Å²) in [5.41, 5.74) is 1.84. The van der Waals surface area contributed by atoms with Crippen molar-refractivity contribution in [3.05, 3.63) is 45.9 Å². The van der Waals surface area contributed by atoms with Gasteiger partial charge in [0.05, 0.1) is 4.92 Å². The number of nitro groups is 1. The van der Waals surface area contributed by atoms with Gasteiger partial charge in [0.25, 0.3) is 0 Å². The monoisotopic (exact) mass is 274 g/mol. The van der Waals surface area contributed by atoms with Gasteiger partial charge < -0.3 is 10.6 Å². The van der Waals surface area contributed by atoms with E-state index in [2.05, 4.69) is 25.6 Å². The minimum atomic E-state index is -0.516. The lowest BCUT2D eigenvalue weighted by Crippen LogP contribution is -2.08. The highest BCUT2D eigenvalue weighted by Gasteiger charge is 2.16. The van der Waals surface area contributed by atoms with Crippen LogP contribution in [0.4, 0.5) is 17.5 Å². The fraction of sp³-hybridized carbons (Fsp3) is 0.250. The highest BCUT2D eigenvalue weighted by atomic mass is 16.6. The third kappa shape index (κ3) is 2.97. The van der Waals surface area contributed by atoms with Crippen LogP contribution in [0.3, 0.4) is 0 Å². The Hall–Kier alpha value is -2.77. The van der Waals surface area contributed by atoms with Crippen LogP contribution in [0.1, 0.15) is 11.1 Å². The van der Waals surface area contributed by atoms with Crippen molar-refractivity contribution in [2.75, 3.05) is 17.7 Å². The Labute approximate surface area is 115 Å². The number of aromatic nitrogens is 3. The predicted octanol–water partition coefficient (Wildman–Crippen LogP) is 1.74. The zero-order chi connectivity index (χ0) is 14.5. The second-order valence-corrected chi connectivity index (χ2v) is 4.09. The first kappa shape index (κ1) is 13.7. The van der Waals surface area contributed by atoms with E-state index in [-0.39, 0.29) is 11.5 Å². The zero-order valence-corrected chi connectivity index (χ0v) is 11.1. The van der Waals surface area contributed by atoms with Gasteiger partial charge >= 0.3 is 5.69 Å². The number of nitrogens with zero attached hydrogens (tertiary/aromatic N) is 4. The second-order valence-electron chi connectivity index (χ2n) is 4.09. The van der Waals surface area contributed by atoms with Crippen LogP contribution in [-0.2, 0) is 6.54 Å². The number of aryl methyl sites for hydroxylation is 1. The van der Waals surface area contributed by atoms with Crippen LogP contribution >= 0.6 is 0 Å². The first-order chi connectivity index (χ1) is 9.61. The summed E-state index contributed by atoms with van der Waals surface area (Å²) in [4.78, 5) is 22.4. The topological polar surface area (TPSA) is 106 Å². The van der Waals surface area contributed by atoms with Crippen LogP contribution in [0.15, 0.2) is 24.7 Å². The molecule has 0 unspecified atom stereocenters. The number of rotatable bonds is 5. The molecule has 0 spiro atoms. The molecule has 0 aromatic carbocycles. The van der Waals surface area contributed by atoms with Gasteiger partial charge in [-0.2, -0.15) is 4.98 Å². The molecule has 0 amide bonds. The van der Waals surface area contributed by atoms with Gasteiger partial charge in [0.15, 0.2) is 0 Å². The summed E-state index contributed by atoms with van der Waals surface area (Å²) in [6.07, 6.45) is 4.59. The fourth-order valence-corrected chi connectivity index (χ4v) is 1.62. The van der Waals surface area contributed by atoms with Crippen molar-refractivity contribution < 1.29 is 4.92 Å². The molecule has 2 heterocycles. The molecule has 2 N–H and O–H groups in total. The largest absolute Gasteiger partial charge is 0.360 e. The van der Waals surface area contributed by atoms with Gasteiger partial charge in [-0.05, 0) is 24.1 Å². The van der Waals surface area contributed by atoms with E-state index in [0.717, 1.165) is 11.1 Å². The van der Waals surface area contributed by atoms with Crippen LogP contribution in [0.5, 0.6) is 0 Å². The molecule has 8 nitrogen and oxygen atoms in total. The lowest BCUT2D eigenvalue weighted by molar-refractivity contribution is -0.384. The third-order valence-corrected chi connectivity index (χ3v) is 2.78. The number of anilines is 2. The summed E-state index contributed by atoms with van der Waals surface area (Å²) >= 11 is 0. The lowest BCUT2D eigenvalue weighted by Gasteiger charge is -2.09. The molecule has 8 heteroatoms. The Morgan fingerprint density at radius 2 is 2.20 bits per heavy atom. The maximum absolute atomic E-state index is 11.0. The molecule has 0 aliphatic carbocycles. The van der Waals surface area contributed by atoms with Crippen molar-refractivity contribution in [2.24, 2.45) is 0 Å². The van der Waals surface area contributed by atoms with Crippen LogP contribution in [0.2, 0.25) is 0 Å². The van der Waals surface area contributed by atoms with E-state index in [0.29, 0.717) is 12.5 Å². The van der Waals surface area contributed by atoms with Crippen LogP contribution in [-0.4, -0.2) is 26.9 Å². The number of nitrogens with one attached hydrogen (secondary N) is 2. The highest BCUT2D eigenvalue weighted by Crippen LogP contribution is 2.22. The van der Waals surface area contributed by atoms with E-state index in [4.69, 9.17) is 0 Å². The van der Waals surface area contributed by atoms with Crippen LogP contribution in [0, 0.1) is 17.0 Å². The van der Waals surface area contributed by atoms with Gasteiger partial charge in [-0.3, -0.25) is 15.1 Å². The van der Waals surface area contributed by atoms with Gasteiger partial charge in [-0.1, -0.05) is 0 Å². The molecule has 0 saturated carbocycles. The number of hydrogen-bond acceptors (Lipinski definition) is 7. The minimum Gasteiger partial charge on any atom is -0.360 e. The summed E-state index contributed by atoms with van der Waals surface area (Å²) in [7, 11) is 1.65. The first-order valence-electron chi connectivity index (χ1n) is 5.94. The molecule has 2 aromatic rings.